The van der Waals surface area contributed by atoms with Crippen molar-refractivity contribution in [2.24, 2.45) is 0 Å². The lowest BCUT2D eigenvalue weighted by atomic mass is 10.00. The van der Waals surface area contributed by atoms with Crippen molar-refractivity contribution in [3.63, 3.8) is 0 Å². The summed E-state index contributed by atoms with van der Waals surface area (Å²) in [5, 5.41) is 8.06. The number of hydrogen-bond donors (Lipinski definition) is 1. The van der Waals surface area contributed by atoms with Gasteiger partial charge < -0.3 is 14.5 Å². The van der Waals surface area contributed by atoms with E-state index in [4.69, 9.17) is 14.7 Å². The molecule has 37 heavy (non-hydrogen) atoms. The summed E-state index contributed by atoms with van der Waals surface area (Å²) in [4.78, 5) is 36.8. The van der Waals surface area contributed by atoms with Crippen molar-refractivity contribution in [2.75, 3.05) is 38.3 Å². The first-order valence-electron chi connectivity index (χ1n) is 12.0. The molecule has 1 aliphatic heterocycles. The number of anilines is 1. The van der Waals surface area contributed by atoms with Crippen molar-refractivity contribution in [1.29, 1.82) is 0 Å². The Balaban J connectivity index is 1.48. The number of pyridine rings is 2. The maximum Gasteiger partial charge on any atom is 0.255 e. The number of thiophene rings is 1. The van der Waals surface area contributed by atoms with E-state index in [0.29, 0.717) is 24.6 Å². The molecule has 0 aromatic carbocycles. The number of carbonyl (C=O) groups excluding carboxylic acids is 1. The summed E-state index contributed by atoms with van der Waals surface area (Å²) >= 11 is 1.62. The van der Waals surface area contributed by atoms with Gasteiger partial charge >= 0.3 is 0 Å². The Morgan fingerprint density at radius 3 is 2.76 bits per heavy atom. The molecule has 1 N–H and O–H groups in total. The highest BCUT2D eigenvalue weighted by Gasteiger charge is 2.33. The fraction of sp³-hybridized carbons (Fsp3) is 0.308. The first kappa shape index (κ1) is 23.4. The van der Waals surface area contributed by atoms with Crippen LogP contribution in [0.5, 0.6) is 0 Å². The van der Waals surface area contributed by atoms with E-state index < -0.39 is 5.54 Å². The minimum Gasteiger partial charge on any atom is -0.378 e. The molecule has 1 fully saturated rings. The predicted octanol–water partition coefficient (Wildman–Crippen LogP) is 3.87. The van der Waals surface area contributed by atoms with Crippen LogP contribution in [-0.4, -0.2) is 74.3 Å². The van der Waals surface area contributed by atoms with E-state index >= 15 is 0 Å². The van der Waals surface area contributed by atoms with Gasteiger partial charge in [-0.15, -0.1) is 11.3 Å². The second-order valence-electron chi connectivity index (χ2n) is 9.48. The van der Waals surface area contributed by atoms with Gasteiger partial charge in [-0.05, 0) is 32.0 Å². The molecule has 0 aliphatic carbocycles. The van der Waals surface area contributed by atoms with Crippen molar-refractivity contribution in [1.82, 2.24) is 35.0 Å². The number of H-pyrrole nitrogens is 1. The molecule has 6 heterocycles. The Hall–Kier alpha value is -3.96. The quantitative estimate of drug-likeness (QED) is 0.376. The minimum atomic E-state index is -0.590. The third-order valence-corrected chi connectivity index (χ3v) is 8.36. The second-order valence-corrected chi connectivity index (χ2v) is 10.5. The molecule has 6 rings (SSSR count). The molecule has 0 unspecified atom stereocenters. The van der Waals surface area contributed by atoms with Gasteiger partial charge in [0.2, 0.25) is 0 Å². The zero-order chi connectivity index (χ0) is 25.6. The summed E-state index contributed by atoms with van der Waals surface area (Å²) in [6.07, 6.45) is 8.55. The molecular formula is C26H26N8O2S. The molecular weight excluding hydrogens is 488 g/mol. The topological polar surface area (TPSA) is 113 Å². The predicted molar refractivity (Wildman–Crippen MR) is 143 cm³/mol. The SMILES string of the molecule is CN(C(=O)c1cccnc1)C(C)(C)c1cc2nc(-c3cncc4[nH]ncc34)nc(N3CCOCC3)c2s1. The van der Waals surface area contributed by atoms with Gasteiger partial charge in [0, 0.05) is 54.6 Å². The van der Waals surface area contributed by atoms with Crippen molar-refractivity contribution in [2.45, 2.75) is 19.4 Å². The Kier molecular flexibility index (Phi) is 5.81. The molecule has 0 atom stereocenters. The molecule has 0 saturated carbocycles. The zero-order valence-electron chi connectivity index (χ0n) is 20.8. The number of morpholine rings is 1. The average molecular weight is 515 g/mol. The van der Waals surface area contributed by atoms with Crippen LogP contribution in [0.2, 0.25) is 0 Å². The highest BCUT2D eigenvalue weighted by molar-refractivity contribution is 7.19. The molecule has 11 heteroatoms. The Morgan fingerprint density at radius 1 is 1.14 bits per heavy atom. The molecule has 1 amide bonds. The van der Waals surface area contributed by atoms with Gasteiger partial charge in [-0.1, -0.05) is 0 Å². The lowest BCUT2D eigenvalue weighted by molar-refractivity contribution is 0.0627. The third kappa shape index (κ3) is 4.09. The average Bonchev–Trinajstić information content (AvgIpc) is 3.60. The van der Waals surface area contributed by atoms with Gasteiger partial charge in [0.1, 0.15) is 0 Å². The van der Waals surface area contributed by atoms with Gasteiger partial charge in [-0.25, -0.2) is 9.97 Å². The fourth-order valence-corrected chi connectivity index (χ4v) is 5.72. The lowest BCUT2D eigenvalue weighted by Gasteiger charge is -2.35. The van der Waals surface area contributed by atoms with Crippen LogP contribution in [0.25, 0.3) is 32.5 Å². The van der Waals surface area contributed by atoms with Crippen LogP contribution in [0.15, 0.2) is 49.2 Å². The van der Waals surface area contributed by atoms with Crippen molar-refractivity contribution >= 4 is 44.2 Å². The number of amides is 1. The van der Waals surface area contributed by atoms with Gasteiger partial charge in [-0.2, -0.15) is 5.10 Å². The van der Waals surface area contributed by atoms with Crippen LogP contribution in [0.4, 0.5) is 5.82 Å². The van der Waals surface area contributed by atoms with E-state index in [-0.39, 0.29) is 5.91 Å². The van der Waals surface area contributed by atoms with Crippen molar-refractivity contribution < 1.29 is 9.53 Å². The van der Waals surface area contributed by atoms with Gasteiger partial charge in [0.05, 0.1) is 52.4 Å². The first-order chi connectivity index (χ1) is 17.9. The van der Waals surface area contributed by atoms with E-state index in [9.17, 15) is 4.79 Å². The Bertz CT molecular complexity index is 1590. The molecule has 10 nitrogen and oxygen atoms in total. The molecule has 1 aliphatic rings. The van der Waals surface area contributed by atoms with Gasteiger partial charge in [0.15, 0.2) is 11.6 Å². The Labute approximate surface area is 217 Å². The van der Waals surface area contributed by atoms with Crippen LogP contribution in [0.3, 0.4) is 0 Å². The molecule has 5 aromatic heterocycles. The second kappa shape index (κ2) is 9.16. The number of aromatic nitrogens is 6. The van der Waals surface area contributed by atoms with E-state index in [0.717, 1.165) is 50.5 Å². The van der Waals surface area contributed by atoms with E-state index in [1.165, 1.54) is 0 Å². The maximum atomic E-state index is 13.3. The lowest BCUT2D eigenvalue weighted by Crippen LogP contribution is -2.42. The smallest absolute Gasteiger partial charge is 0.255 e. The van der Waals surface area contributed by atoms with Crippen LogP contribution in [0.1, 0.15) is 29.1 Å². The normalized spacial score (nSPS) is 14.4. The number of ether oxygens (including phenoxy) is 1. The molecule has 0 radical (unpaired) electrons. The molecule has 0 bridgehead atoms. The number of fused-ring (bicyclic) bond motifs is 2. The fourth-order valence-electron chi connectivity index (χ4n) is 4.47. The Morgan fingerprint density at radius 2 is 1.97 bits per heavy atom. The van der Waals surface area contributed by atoms with E-state index in [1.54, 1.807) is 59.4 Å². The summed E-state index contributed by atoms with van der Waals surface area (Å²) in [6, 6.07) is 5.63. The van der Waals surface area contributed by atoms with Crippen molar-refractivity contribution in [3.8, 4) is 11.4 Å². The standard InChI is InChI=1S/C26H26N8O2S/c1-26(2,33(3)25(35)16-5-4-6-27-12-16)21-11-19-22(37-21)24(34-7-9-36-10-8-34)31-23(30-19)18-13-28-15-20-17(18)14-29-32-20/h4-6,11-15H,7-10H2,1-3H3,(H,29,32). The molecule has 5 aromatic rings. The molecule has 0 spiro atoms. The van der Waals surface area contributed by atoms with Crippen molar-refractivity contribution in [3.05, 3.63) is 59.6 Å². The third-order valence-electron chi connectivity index (χ3n) is 6.93. The highest BCUT2D eigenvalue weighted by atomic mass is 32.1. The highest BCUT2D eigenvalue weighted by Crippen LogP contribution is 2.41. The monoisotopic (exact) mass is 514 g/mol. The number of nitrogens with one attached hydrogen (secondary N) is 1. The summed E-state index contributed by atoms with van der Waals surface area (Å²) in [7, 11) is 1.82. The van der Waals surface area contributed by atoms with E-state index in [2.05, 4.69) is 31.1 Å². The maximum absolute atomic E-state index is 13.3. The van der Waals surface area contributed by atoms with Gasteiger partial charge in [-0.3, -0.25) is 19.9 Å². The van der Waals surface area contributed by atoms with Crippen LogP contribution in [-0.2, 0) is 10.3 Å². The number of aromatic amines is 1. The number of carbonyl (C=O) groups is 1. The summed E-state index contributed by atoms with van der Waals surface area (Å²) in [5.74, 6) is 1.38. The van der Waals surface area contributed by atoms with E-state index in [1.807, 2.05) is 20.9 Å². The number of rotatable bonds is 5. The van der Waals surface area contributed by atoms with Crippen LogP contribution < -0.4 is 4.90 Å². The summed E-state index contributed by atoms with van der Waals surface area (Å²) < 4.78 is 6.59. The summed E-state index contributed by atoms with van der Waals surface area (Å²) in [6.45, 7) is 6.87. The van der Waals surface area contributed by atoms with Gasteiger partial charge in [0.25, 0.3) is 5.91 Å². The minimum absolute atomic E-state index is 0.0894. The molecule has 188 valence electrons. The summed E-state index contributed by atoms with van der Waals surface area (Å²) in [5.41, 5.74) is 2.45. The number of nitrogens with zero attached hydrogens (tertiary/aromatic N) is 7. The number of hydrogen-bond acceptors (Lipinski definition) is 9. The largest absolute Gasteiger partial charge is 0.378 e. The van der Waals surface area contributed by atoms with Crippen LogP contribution in [0, 0.1) is 0 Å². The zero-order valence-corrected chi connectivity index (χ0v) is 21.6. The van der Waals surface area contributed by atoms with Crippen LogP contribution >= 0.6 is 11.3 Å². The first-order valence-corrected chi connectivity index (χ1v) is 12.9. The molecule has 1 saturated heterocycles.